The first-order valence-corrected chi connectivity index (χ1v) is 4.58. The Morgan fingerprint density at radius 3 is 2.64 bits per heavy atom. The van der Waals surface area contributed by atoms with Crippen LogP contribution in [0, 0.1) is 0 Å². The summed E-state index contributed by atoms with van der Waals surface area (Å²) in [4.78, 5) is 11.9. The predicted octanol–water partition coefficient (Wildman–Crippen LogP) is 2.91. The number of carbonyl (C=O) groups is 1. The molecule has 0 aromatic heterocycles. The predicted molar refractivity (Wildman–Crippen MR) is 56.1 cm³/mol. The average molecular weight is 182 g/mol. The zero-order chi connectivity index (χ0) is 9.80. The van der Waals surface area contributed by atoms with Gasteiger partial charge in [-0.3, -0.25) is 4.79 Å². The van der Waals surface area contributed by atoms with Gasteiger partial charge in [0, 0.05) is 17.6 Å². The average Bonchev–Trinajstić information content (AvgIpc) is 2.30. The summed E-state index contributed by atoms with van der Waals surface area (Å²) in [6.07, 6.45) is 6.16. The Morgan fingerprint density at radius 2 is 2.00 bits per heavy atom. The van der Waals surface area contributed by atoms with Gasteiger partial charge in [-0.25, -0.2) is 0 Å². The Kier molecular flexibility index (Phi) is 2.44. The summed E-state index contributed by atoms with van der Waals surface area (Å²) in [5.74, 6) is 0.111. The molecule has 14 heavy (non-hydrogen) atoms. The van der Waals surface area contributed by atoms with Crippen LogP contribution in [0.2, 0.25) is 0 Å². The molecule has 1 aliphatic carbocycles. The molecule has 0 amide bonds. The summed E-state index contributed by atoms with van der Waals surface area (Å²) in [5.41, 5.74) is 4.52. The minimum Gasteiger partial charge on any atom is -0.289 e. The van der Waals surface area contributed by atoms with Gasteiger partial charge < -0.3 is 0 Å². The topological polar surface area (TPSA) is 17.1 Å². The number of carbonyl (C=O) groups excluding carboxylic acids is 1. The van der Waals surface area contributed by atoms with E-state index >= 15 is 0 Å². The Bertz CT molecular complexity index is 432. The highest BCUT2D eigenvalue weighted by atomic mass is 16.1. The van der Waals surface area contributed by atoms with Crippen molar-refractivity contribution in [1.29, 1.82) is 0 Å². The lowest BCUT2D eigenvalue weighted by Crippen LogP contribution is -2.03. The van der Waals surface area contributed by atoms with Crippen LogP contribution in [-0.4, -0.2) is 5.78 Å². The molecule has 0 spiro atoms. The van der Waals surface area contributed by atoms with Crippen LogP contribution in [-0.2, 0) is 0 Å². The monoisotopic (exact) mass is 182 g/mol. The van der Waals surface area contributed by atoms with E-state index in [1.54, 1.807) is 6.08 Å². The molecule has 0 atom stereocenters. The molecule has 2 rings (SSSR count). The maximum atomic E-state index is 11.9. The van der Waals surface area contributed by atoms with Crippen molar-refractivity contribution in [3.63, 3.8) is 0 Å². The summed E-state index contributed by atoms with van der Waals surface area (Å²) < 4.78 is 0. The molecule has 0 bridgehead atoms. The van der Waals surface area contributed by atoms with E-state index in [4.69, 9.17) is 0 Å². The number of rotatable bonds is 2. The van der Waals surface area contributed by atoms with Crippen molar-refractivity contribution in [3.8, 4) is 0 Å². The second-order valence-corrected chi connectivity index (χ2v) is 3.13. The zero-order valence-electron chi connectivity index (χ0n) is 7.73. The molecule has 0 heterocycles. The van der Waals surface area contributed by atoms with E-state index in [0.29, 0.717) is 6.42 Å². The second kappa shape index (κ2) is 3.91. The molecule has 0 fully saturated rings. The van der Waals surface area contributed by atoms with Crippen molar-refractivity contribution in [1.82, 2.24) is 0 Å². The van der Waals surface area contributed by atoms with Crippen LogP contribution in [0.5, 0.6) is 0 Å². The van der Waals surface area contributed by atoms with Gasteiger partial charge in [0.1, 0.15) is 0 Å². The number of hydrogen-bond acceptors (Lipinski definition) is 1. The van der Waals surface area contributed by atoms with Gasteiger partial charge in [0.25, 0.3) is 0 Å². The number of benzene rings is 1. The highest BCUT2D eigenvalue weighted by Gasteiger charge is 2.10. The summed E-state index contributed by atoms with van der Waals surface area (Å²) >= 11 is 0. The van der Waals surface area contributed by atoms with Crippen LogP contribution in [0.1, 0.15) is 16.8 Å². The fraction of sp³-hybridized carbons (Fsp3) is 0.0769. The number of allylic oxidation sites excluding steroid dienone is 3. The van der Waals surface area contributed by atoms with E-state index in [9.17, 15) is 4.79 Å². The van der Waals surface area contributed by atoms with Crippen LogP contribution in [0.3, 0.4) is 0 Å². The van der Waals surface area contributed by atoms with Crippen molar-refractivity contribution in [2.45, 2.75) is 6.42 Å². The van der Waals surface area contributed by atoms with E-state index in [0.717, 1.165) is 11.1 Å². The van der Waals surface area contributed by atoms with Crippen molar-refractivity contribution in [2.24, 2.45) is 0 Å². The SMILES string of the molecule is O=C(C1=CC=C=CC1)c1ccccc1. The van der Waals surface area contributed by atoms with Crippen LogP contribution < -0.4 is 0 Å². The fourth-order valence-corrected chi connectivity index (χ4v) is 1.40. The molecule has 0 unspecified atom stereocenters. The minimum absolute atomic E-state index is 0.111. The lowest BCUT2D eigenvalue weighted by atomic mass is 9.99. The molecule has 0 N–H and O–H groups in total. The van der Waals surface area contributed by atoms with Crippen LogP contribution in [0.4, 0.5) is 0 Å². The molecule has 0 aliphatic heterocycles. The van der Waals surface area contributed by atoms with Crippen LogP contribution in [0.25, 0.3) is 0 Å². The third-order valence-electron chi connectivity index (χ3n) is 2.15. The van der Waals surface area contributed by atoms with Gasteiger partial charge in [-0.05, 0) is 18.2 Å². The number of hydrogen-bond donors (Lipinski definition) is 0. The molecular weight excluding hydrogens is 172 g/mol. The van der Waals surface area contributed by atoms with Gasteiger partial charge in [-0.2, -0.15) is 0 Å². The summed E-state index contributed by atoms with van der Waals surface area (Å²) in [6, 6.07) is 9.34. The summed E-state index contributed by atoms with van der Waals surface area (Å²) in [7, 11) is 0. The molecular formula is C13H10O. The fourth-order valence-electron chi connectivity index (χ4n) is 1.40. The van der Waals surface area contributed by atoms with Gasteiger partial charge in [0.15, 0.2) is 5.78 Å². The normalized spacial score (nSPS) is 13.9. The van der Waals surface area contributed by atoms with Gasteiger partial charge in [-0.15, -0.1) is 5.73 Å². The first kappa shape index (κ1) is 8.74. The Labute approximate surface area is 83.1 Å². The molecule has 1 aliphatic rings. The summed E-state index contributed by atoms with van der Waals surface area (Å²) in [6.45, 7) is 0. The Hall–Kier alpha value is -1.85. The van der Waals surface area contributed by atoms with Gasteiger partial charge in [-0.1, -0.05) is 30.3 Å². The first-order valence-electron chi connectivity index (χ1n) is 4.58. The highest BCUT2D eigenvalue weighted by Crippen LogP contribution is 2.13. The van der Waals surface area contributed by atoms with E-state index in [1.807, 2.05) is 42.5 Å². The Morgan fingerprint density at radius 1 is 1.21 bits per heavy atom. The Balaban J connectivity index is 2.26. The van der Waals surface area contributed by atoms with Crippen molar-refractivity contribution >= 4 is 5.78 Å². The van der Waals surface area contributed by atoms with Gasteiger partial charge in [0.05, 0.1) is 0 Å². The lowest BCUT2D eigenvalue weighted by molar-refractivity contribution is 0.103. The third kappa shape index (κ3) is 1.73. The van der Waals surface area contributed by atoms with Crippen molar-refractivity contribution in [2.75, 3.05) is 0 Å². The second-order valence-electron chi connectivity index (χ2n) is 3.13. The van der Waals surface area contributed by atoms with Crippen LogP contribution in [0.15, 0.2) is 59.9 Å². The van der Waals surface area contributed by atoms with Gasteiger partial charge in [0.2, 0.25) is 0 Å². The van der Waals surface area contributed by atoms with Crippen molar-refractivity contribution in [3.05, 3.63) is 65.4 Å². The van der Waals surface area contributed by atoms with E-state index in [1.165, 1.54) is 0 Å². The zero-order valence-corrected chi connectivity index (χ0v) is 7.73. The first-order chi connectivity index (χ1) is 6.88. The molecule has 1 heteroatoms. The number of Topliss-reactive ketones (excluding diaryl/α,β-unsaturated/α-hetero) is 1. The standard InChI is InChI=1S/C13H10O/c14-13(11-7-3-1-4-8-11)12-9-5-2-6-10-12/h1,3-9H,10H2. The maximum Gasteiger partial charge on any atom is 0.189 e. The van der Waals surface area contributed by atoms with Crippen LogP contribution >= 0.6 is 0 Å². The highest BCUT2D eigenvalue weighted by molar-refractivity contribution is 6.09. The smallest absolute Gasteiger partial charge is 0.189 e. The van der Waals surface area contributed by atoms with E-state index in [2.05, 4.69) is 5.73 Å². The molecule has 68 valence electrons. The number of ketones is 1. The summed E-state index contributed by atoms with van der Waals surface area (Å²) in [5, 5.41) is 0. The minimum atomic E-state index is 0.111. The lowest BCUT2D eigenvalue weighted by Gasteiger charge is -2.04. The molecule has 0 saturated heterocycles. The molecule has 1 aromatic rings. The largest absolute Gasteiger partial charge is 0.289 e. The molecule has 1 aromatic carbocycles. The third-order valence-corrected chi connectivity index (χ3v) is 2.15. The molecule has 0 radical (unpaired) electrons. The quantitative estimate of drug-likeness (QED) is 0.507. The van der Waals surface area contributed by atoms with E-state index < -0.39 is 0 Å². The van der Waals surface area contributed by atoms with E-state index in [-0.39, 0.29) is 5.78 Å². The molecule has 0 saturated carbocycles. The molecule has 1 nitrogen and oxygen atoms in total. The van der Waals surface area contributed by atoms with Gasteiger partial charge >= 0.3 is 0 Å². The van der Waals surface area contributed by atoms with Crippen molar-refractivity contribution < 1.29 is 4.79 Å². The maximum absolute atomic E-state index is 11.9.